The Morgan fingerprint density at radius 1 is 1.00 bits per heavy atom. The van der Waals surface area contributed by atoms with Crippen molar-refractivity contribution in [3.05, 3.63) is 77.0 Å². The fraction of sp³-hybridized carbons (Fsp3) is 0.0526. The van der Waals surface area contributed by atoms with Crippen molar-refractivity contribution in [2.24, 2.45) is 0 Å². The SMILES string of the molecule is Cc1ccc2cccc(Oc3ncnc(Oc4cccnc4)c3[N+](=O)[O-])c2n1. The molecule has 0 fully saturated rings. The molecule has 9 nitrogen and oxygen atoms in total. The zero-order valence-corrected chi connectivity index (χ0v) is 14.6. The lowest BCUT2D eigenvalue weighted by Crippen LogP contribution is -2.01. The molecule has 0 spiro atoms. The van der Waals surface area contributed by atoms with E-state index in [9.17, 15) is 10.1 Å². The lowest BCUT2D eigenvalue weighted by atomic mass is 10.2. The van der Waals surface area contributed by atoms with E-state index in [-0.39, 0.29) is 11.8 Å². The van der Waals surface area contributed by atoms with Gasteiger partial charge in [0.15, 0.2) is 5.75 Å². The van der Waals surface area contributed by atoms with Gasteiger partial charge in [-0.05, 0) is 31.2 Å². The molecular weight excluding hydrogens is 362 g/mol. The molecule has 0 amide bonds. The molecule has 9 heteroatoms. The maximum absolute atomic E-state index is 11.7. The first-order chi connectivity index (χ1) is 13.6. The van der Waals surface area contributed by atoms with Gasteiger partial charge in [-0.15, -0.1) is 0 Å². The number of pyridine rings is 2. The highest BCUT2D eigenvalue weighted by molar-refractivity contribution is 5.85. The van der Waals surface area contributed by atoms with E-state index < -0.39 is 10.6 Å². The van der Waals surface area contributed by atoms with Crippen LogP contribution in [0.5, 0.6) is 23.3 Å². The highest BCUT2D eigenvalue weighted by atomic mass is 16.6. The van der Waals surface area contributed by atoms with Gasteiger partial charge in [0.25, 0.3) is 0 Å². The third kappa shape index (κ3) is 3.40. The first-order valence-electron chi connectivity index (χ1n) is 8.23. The third-order valence-corrected chi connectivity index (χ3v) is 3.82. The molecule has 0 radical (unpaired) electrons. The molecule has 4 aromatic rings. The van der Waals surface area contributed by atoms with Crippen LogP contribution in [0.3, 0.4) is 0 Å². The van der Waals surface area contributed by atoms with E-state index in [0.29, 0.717) is 17.0 Å². The summed E-state index contributed by atoms with van der Waals surface area (Å²) < 4.78 is 11.3. The van der Waals surface area contributed by atoms with E-state index in [2.05, 4.69) is 19.9 Å². The van der Waals surface area contributed by atoms with Gasteiger partial charge in [-0.1, -0.05) is 18.2 Å². The number of aryl methyl sites for hydroxylation is 1. The highest BCUT2D eigenvalue weighted by Gasteiger charge is 2.27. The molecule has 3 heterocycles. The van der Waals surface area contributed by atoms with Gasteiger partial charge in [0.05, 0.1) is 11.1 Å². The van der Waals surface area contributed by atoms with E-state index in [4.69, 9.17) is 9.47 Å². The molecule has 0 aliphatic heterocycles. The summed E-state index contributed by atoms with van der Waals surface area (Å²) in [6, 6.07) is 12.3. The highest BCUT2D eigenvalue weighted by Crippen LogP contribution is 2.38. The maximum Gasteiger partial charge on any atom is 0.393 e. The quantitative estimate of drug-likeness (QED) is 0.376. The monoisotopic (exact) mass is 375 g/mol. The van der Waals surface area contributed by atoms with Crippen molar-refractivity contribution in [1.29, 1.82) is 0 Å². The second kappa shape index (κ2) is 7.23. The van der Waals surface area contributed by atoms with Gasteiger partial charge < -0.3 is 9.47 Å². The molecule has 3 aromatic heterocycles. The van der Waals surface area contributed by atoms with Crippen LogP contribution in [0.4, 0.5) is 5.69 Å². The Morgan fingerprint density at radius 2 is 1.82 bits per heavy atom. The number of para-hydroxylation sites is 1. The van der Waals surface area contributed by atoms with Gasteiger partial charge in [-0.2, -0.15) is 9.97 Å². The summed E-state index contributed by atoms with van der Waals surface area (Å²) in [5.74, 6) is 0.162. The molecule has 0 atom stereocenters. The van der Waals surface area contributed by atoms with Gasteiger partial charge in [-0.25, -0.2) is 4.98 Å². The zero-order chi connectivity index (χ0) is 19.5. The predicted molar refractivity (Wildman–Crippen MR) is 99.6 cm³/mol. The van der Waals surface area contributed by atoms with E-state index in [0.717, 1.165) is 17.4 Å². The average molecular weight is 375 g/mol. The van der Waals surface area contributed by atoms with Crippen LogP contribution in [0.2, 0.25) is 0 Å². The van der Waals surface area contributed by atoms with Crippen molar-refractivity contribution in [3.63, 3.8) is 0 Å². The number of aromatic nitrogens is 4. The van der Waals surface area contributed by atoms with Crippen LogP contribution in [0.1, 0.15) is 5.69 Å². The smallest absolute Gasteiger partial charge is 0.393 e. The summed E-state index contributed by atoms with van der Waals surface area (Å²) in [5.41, 5.74) is 0.877. The van der Waals surface area contributed by atoms with Crippen molar-refractivity contribution >= 4 is 16.6 Å². The third-order valence-electron chi connectivity index (χ3n) is 3.82. The predicted octanol–water partition coefficient (Wildman–Crippen LogP) is 4.22. The van der Waals surface area contributed by atoms with Crippen molar-refractivity contribution in [2.75, 3.05) is 0 Å². The van der Waals surface area contributed by atoms with Gasteiger partial charge in [0.1, 0.15) is 17.6 Å². The summed E-state index contributed by atoms with van der Waals surface area (Å²) >= 11 is 0. The van der Waals surface area contributed by atoms with Gasteiger partial charge in [0, 0.05) is 17.3 Å². The molecule has 0 aliphatic carbocycles. The minimum Gasteiger partial charge on any atom is -0.432 e. The van der Waals surface area contributed by atoms with Crippen LogP contribution >= 0.6 is 0 Å². The fourth-order valence-electron chi connectivity index (χ4n) is 2.58. The first kappa shape index (κ1) is 17.3. The molecule has 28 heavy (non-hydrogen) atoms. The van der Waals surface area contributed by atoms with Crippen LogP contribution in [0.15, 0.2) is 61.2 Å². The minimum absolute atomic E-state index is 0.241. The van der Waals surface area contributed by atoms with Crippen LogP contribution in [-0.2, 0) is 0 Å². The van der Waals surface area contributed by atoms with Crippen LogP contribution in [0.25, 0.3) is 10.9 Å². The number of rotatable bonds is 5. The molecule has 0 unspecified atom stereocenters. The Kier molecular flexibility index (Phi) is 4.47. The van der Waals surface area contributed by atoms with E-state index in [1.165, 1.54) is 6.20 Å². The number of benzene rings is 1. The van der Waals surface area contributed by atoms with E-state index >= 15 is 0 Å². The summed E-state index contributed by atoms with van der Waals surface area (Å²) in [6.45, 7) is 1.85. The average Bonchev–Trinajstić information content (AvgIpc) is 2.69. The Balaban J connectivity index is 1.77. The molecule has 0 bridgehead atoms. The number of hydrogen-bond acceptors (Lipinski definition) is 8. The second-order valence-electron chi connectivity index (χ2n) is 5.76. The molecule has 0 N–H and O–H groups in total. The normalized spacial score (nSPS) is 10.6. The standard InChI is InChI=1S/C19H13N5O4/c1-12-7-8-13-4-2-6-15(16(13)23-12)28-19-17(24(25)26)18(21-11-22-19)27-14-5-3-9-20-10-14/h2-11H,1H3. The van der Waals surface area contributed by atoms with Crippen LogP contribution in [-0.4, -0.2) is 24.9 Å². The molecule has 0 saturated heterocycles. The Labute approximate surface area is 158 Å². The van der Waals surface area contributed by atoms with Gasteiger partial charge >= 0.3 is 17.4 Å². The molecule has 0 saturated carbocycles. The topological polar surface area (TPSA) is 113 Å². The molecule has 138 valence electrons. The van der Waals surface area contributed by atoms with Gasteiger partial charge in [-0.3, -0.25) is 15.1 Å². The second-order valence-corrected chi connectivity index (χ2v) is 5.76. The molecule has 1 aromatic carbocycles. The number of hydrogen-bond donors (Lipinski definition) is 0. The lowest BCUT2D eigenvalue weighted by Gasteiger charge is -2.10. The zero-order valence-electron chi connectivity index (χ0n) is 14.6. The maximum atomic E-state index is 11.7. The van der Waals surface area contributed by atoms with Crippen LogP contribution < -0.4 is 9.47 Å². The number of fused-ring (bicyclic) bond motifs is 1. The summed E-state index contributed by atoms with van der Waals surface area (Å²) in [4.78, 5) is 27.2. The fourth-order valence-corrected chi connectivity index (χ4v) is 2.58. The first-order valence-corrected chi connectivity index (χ1v) is 8.23. The lowest BCUT2D eigenvalue weighted by molar-refractivity contribution is -0.387. The Morgan fingerprint density at radius 3 is 2.57 bits per heavy atom. The minimum atomic E-state index is -0.648. The van der Waals surface area contributed by atoms with Crippen LogP contribution in [0, 0.1) is 17.0 Å². The number of nitro groups is 1. The van der Waals surface area contributed by atoms with Crippen molar-refractivity contribution < 1.29 is 14.4 Å². The molecule has 4 rings (SSSR count). The summed E-state index contributed by atoms with van der Waals surface area (Å²) in [5, 5.41) is 12.5. The Bertz CT molecular complexity index is 1170. The molecule has 0 aliphatic rings. The van der Waals surface area contributed by atoms with Gasteiger partial charge in [0.2, 0.25) is 0 Å². The van der Waals surface area contributed by atoms with E-state index in [1.54, 1.807) is 30.5 Å². The van der Waals surface area contributed by atoms with Crippen molar-refractivity contribution in [3.8, 4) is 23.3 Å². The molecular formula is C19H13N5O4. The van der Waals surface area contributed by atoms with E-state index in [1.807, 2.05) is 25.1 Å². The Hall–Kier alpha value is -4.14. The number of ether oxygens (including phenoxy) is 2. The van der Waals surface area contributed by atoms with Crippen molar-refractivity contribution in [2.45, 2.75) is 6.92 Å². The largest absolute Gasteiger partial charge is 0.432 e. The number of nitrogens with zero attached hydrogens (tertiary/aromatic N) is 5. The summed E-state index contributed by atoms with van der Waals surface area (Å²) in [7, 11) is 0. The van der Waals surface area contributed by atoms with Crippen molar-refractivity contribution in [1.82, 2.24) is 19.9 Å². The summed E-state index contributed by atoms with van der Waals surface area (Å²) in [6.07, 6.45) is 4.12.